The standard InChI is InChI=1S/C13H20N4O3/c1-3-7-16(8-4-2)13(18)11-9-10(17(19)20)5-6-12(11)15-14/h5-6,9,15H,3-4,7-8,14H2,1-2H3. The Morgan fingerprint density at radius 1 is 1.35 bits per heavy atom. The molecular weight excluding hydrogens is 260 g/mol. The largest absolute Gasteiger partial charge is 0.339 e. The summed E-state index contributed by atoms with van der Waals surface area (Å²) in [6.07, 6.45) is 1.65. The highest BCUT2D eigenvalue weighted by atomic mass is 16.6. The van der Waals surface area contributed by atoms with Crippen LogP contribution >= 0.6 is 0 Å². The molecule has 0 fully saturated rings. The number of amides is 1. The molecule has 0 bridgehead atoms. The number of non-ortho nitro benzene ring substituents is 1. The molecule has 7 heteroatoms. The van der Waals surface area contributed by atoms with Gasteiger partial charge in [0.2, 0.25) is 0 Å². The van der Waals surface area contributed by atoms with E-state index in [1.54, 1.807) is 4.90 Å². The lowest BCUT2D eigenvalue weighted by Gasteiger charge is -2.22. The highest BCUT2D eigenvalue weighted by Gasteiger charge is 2.20. The van der Waals surface area contributed by atoms with Crippen molar-refractivity contribution in [1.82, 2.24) is 4.90 Å². The Labute approximate surface area is 117 Å². The van der Waals surface area contributed by atoms with Gasteiger partial charge in [-0.2, -0.15) is 0 Å². The molecule has 0 aliphatic carbocycles. The van der Waals surface area contributed by atoms with Crippen LogP contribution in [0.25, 0.3) is 0 Å². The van der Waals surface area contributed by atoms with Crippen LogP contribution in [-0.2, 0) is 0 Å². The van der Waals surface area contributed by atoms with Gasteiger partial charge in [0.25, 0.3) is 11.6 Å². The molecule has 0 heterocycles. The summed E-state index contributed by atoms with van der Waals surface area (Å²) in [7, 11) is 0. The minimum absolute atomic E-state index is 0.125. The van der Waals surface area contributed by atoms with Crippen LogP contribution in [0.2, 0.25) is 0 Å². The Kier molecular flexibility index (Phi) is 5.92. The molecule has 110 valence electrons. The first kappa shape index (κ1) is 15.9. The number of nitro benzene ring substituents is 1. The first-order valence-corrected chi connectivity index (χ1v) is 6.59. The van der Waals surface area contributed by atoms with E-state index in [1.807, 2.05) is 13.8 Å². The molecule has 1 amide bonds. The molecule has 1 aromatic rings. The average molecular weight is 280 g/mol. The number of hydrogen-bond acceptors (Lipinski definition) is 5. The number of carbonyl (C=O) groups is 1. The predicted molar refractivity (Wildman–Crippen MR) is 77.4 cm³/mol. The number of benzene rings is 1. The minimum Gasteiger partial charge on any atom is -0.339 e. The molecule has 3 N–H and O–H groups in total. The summed E-state index contributed by atoms with van der Waals surface area (Å²) in [5.74, 6) is 5.13. The molecule has 0 radical (unpaired) electrons. The number of nitrogens with two attached hydrogens (primary N) is 1. The molecule has 0 spiro atoms. The molecule has 0 saturated heterocycles. The molecule has 0 atom stereocenters. The monoisotopic (exact) mass is 280 g/mol. The molecule has 0 saturated carbocycles. The Balaban J connectivity index is 3.16. The third-order valence-corrected chi connectivity index (χ3v) is 2.87. The number of rotatable bonds is 7. The zero-order valence-electron chi connectivity index (χ0n) is 11.8. The smallest absolute Gasteiger partial charge is 0.270 e. The van der Waals surface area contributed by atoms with Crippen molar-refractivity contribution in [1.29, 1.82) is 0 Å². The summed E-state index contributed by atoms with van der Waals surface area (Å²) in [5, 5.41) is 10.8. The van der Waals surface area contributed by atoms with Crippen molar-refractivity contribution in [3.63, 3.8) is 0 Å². The van der Waals surface area contributed by atoms with Crippen LogP contribution in [0.5, 0.6) is 0 Å². The van der Waals surface area contributed by atoms with Gasteiger partial charge in [-0.3, -0.25) is 20.8 Å². The van der Waals surface area contributed by atoms with Gasteiger partial charge in [0.1, 0.15) is 0 Å². The number of nitro groups is 1. The number of nitrogens with one attached hydrogen (secondary N) is 1. The van der Waals surface area contributed by atoms with Crippen LogP contribution in [0, 0.1) is 10.1 Å². The van der Waals surface area contributed by atoms with E-state index < -0.39 is 4.92 Å². The van der Waals surface area contributed by atoms with E-state index in [9.17, 15) is 14.9 Å². The summed E-state index contributed by atoms with van der Waals surface area (Å²) in [6.45, 7) is 5.18. The first-order chi connectivity index (χ1) is 9.54. The Hall–Kier alpha value is -2.15. The zero-order valence-corrected chi connectivity index (χ0v) is 11.8. The van der Waals surface area contributed by atoms with Gasteiger partial charge < -0.3 is 10.3 Å². The molecule has 0 aliphatic heterocycles. The lowest BCUT2D eigenvalue weighted by Crippen LogP contribution is -2.33. The van der Waals surface area contributed by atoms with Crippen LogP contribution in [0.1, 0.15) is 37.0 Å². The van der Waals surface area contributed by atoms with Gasteiger partial charge in [-0.15, -0.1) is 0 Å². The van der Waals surface area contributed by atoms with Gasteiger partial charge in [-0.25, -0.2) is 0 Å². The van der Waals surface area contributed by atoms with E-state index in [4.69, 9.17) is 5.84 Å². The first-order valence-electron chi connectivity index (χ1n) is 6.59. The van der Waals surface area contributed by atoms with E-state index >= 15 is 0 Å². The van der Waals surface area contributed by atoms with Crippen LogP contribution in [0.4, 0.5) is 11.4 Å². The average Bonchev–Trinajstić information content (AvgIpc) is 2.45. The van der Waals surface area contributed by atoms with Gasteiger partial charge in [0.15, 0.2) is 0 Å². The molecule has 20 heavy (non-hydrogen) atoms. The van der Waals surface area contributed by atoms with Gasteiger partial charge >= 0.3 is 0 Å². The maximum atomic E-state index is 12.5. The highest BCUT2D eigenvalue weighted by molar-refractivity contribution is 6.00. The van der Waals surface area contributed by atoms with Crippen molar-refractivity contribution in [2.24, 2.45) is 5.84 Å². The summed E-state index contributed by atoms with van der Waals surface area (Å²) in [4.78, 5) is 24.5. The highest BCUT2D eigenvalue weighted by Crippen LogP contribution is 2.23. The van der Waals surface area contributed by atoms with Crippen LogP contribution < -0.4 is 11.3 Å². The van der Waals surface area contributed by atoms with Gasteiger partial charge in [0, 0.05) is 25.2 Å². The van der Waals surface area contributed by atoms with E-state index in [1.165, 1.54) is 18.2 Å². The fraction of sp³-hybridized carbons (Fsp3) is 0.462. The number of carbonyl (C=O) groups excluding carboxylic acids is 1. The van der Waals surface area contributed by atoms with E-state index in [-0.39, 0.29) is 17.2 Å². The van der Waals surface area contributed by atoms with Crippen molar-refractivity contribution in [2.45, 2.75) is 26.7 Å². The summed E-state index contributed by atoms with van der Waals surface area (Å²) >= 11 is 0. The lowest BCUT2D eigenvalue weighted by molar-refractivity contribution is -0.384. The maximum Gasteiger partial charge on any atom is 0.270 e. The van der Waals surface area contributed by atoms with Crippen LogP contribution in [-0.4, -0.2) is 28.8 Å². The maximum absolute atomic E-state index is 12.5. The summed E-state index contributed by atoms with van der Waals surface area (Å²) in [5.41, 5.74) is 2.90. The molecule has 0 unspecified atom stereocenters. The van der Waals surface area contributed by atoms with Crippen molar-refractivity contribution in [2.75, 3.05) is 18.5 Å². The number of hydrogen-bond donors (Lipinski definition) is 2. The molecule has 1 aromatic carbocycles. The summed E-state index contributed by atoms with van der Waals surface area (Å²) in [6, 6.07) is 4.02. The van der Waals surface area contributed by atoms with Gasteiger partial charge in [-0.05, 0) is 18.9 Å². The predicted octanol–water partition coefficient (Wildman–Crippen LogP) is 2.14. The van der Waals surface area contributed by atoms with E-state index in [0.29, 0.717) is 18.8 Å². The minimum atomic E-state index is -0.527. The molecule has 7 nitrogen and oxygen atoms in total. The Morgan fingerprint density at radius 2 is 1.95 bits per heavy atom. The van der Waals surface area contributed by atoms with Gasteiger partial charge in [-0.1, -0.05) is 13.8 Å². The van der Waals surface area contributed by atoms with E-state index in [2.05, 4.69) is 5.43 Å². The molecule has 1 rings (SSSR count). The fourth-order valence-corrected chi connectivity index (χ4v) is 1.97. The number of nitrogens with zero attached hydrogens (tertiary/aromatic N) is 2. The van der Waals surface area contributed by atoms with E-state index in [0.717, 1.165) is 12.8 Å². The lowest BCUT2D eigenvalue weighted by atomic mass is 10.1. The molecule has 0 aliphatic rings. The second-order valence-electron chi connectivity index (χ2n) is 4.42. The number of hydrazine groups is 1. The molecule has 0 aromatic heterocycles. The quantitative estimate of drug-likeness (QED) is 0.452. The van der Waals surface area contributed by atoms with Crippen molar-refractivity contribution in [3.8, 4) is 0 Å². The molecular formula is C13H20N4O3. The van der Waals surface area contributed by atoms with Crippen molar-refractivity contribution >= 4 is 17.3 Å². The second-order valence-corrected chi connectivity index (χ2v) is 4.42. The normalized spacial score (nSPS) is 10.2. The zero-order chi connectivity index (χ0) is 15.1. The SMILES string of the molecule is CCCN(CCC)C(=O)c1cc([N+](=O)[O-])ccc1NN. The third kappa shape index (κ3) is 3.67. The fourth-order valence-electron chi connectivity index (χ4n) is 1.97. The number of nitrogen functional groups attached to an aromatic ring is 1. The second kappa shape index (κ2) is 7.44. The number of anilines is 1. The van der Waals surface area contributed by atoms with Crippen LogP contribution in [0.15, 0.2) is 18.2 Å². The van der Waals surface area contributed by atoms with Crippen molar-refractivity contribution < 1.29 is 9.72 Å². The Bertz CT molecular complexity index is 485. The summed E-state index contributed by atoms with van der Waals surface area (Å²) < 4.78 is 0. The van der Waals surface area contributed by atoms with Crippen molar-refractivity contribution in [3.05, 3.63) is 33.9 Å². The Morgan fingerprint density at radius 3 is 2.40 bits per heavy atom. The third-order valence-electron chi connectivity index (χ3n) is 2.87. The van der Waals surface area contributed by atoms with Gasteiger partial charge in [0.05, 0.1) is 16.2 Å². The van der Waals surface area contributed by atoms with Crippen LogP contribution in [0.3, 0.4) is 0 Å². The topological polar surface area (TPSA) is 102 Å².